The summed E-state index contributed by atoms with van der Waals surface area (Å²) < 4.78 is 25.9. The summed E-state index contributed by atoms with van der Waals surface area (Å²) in [6.45, 7) is 5.14. The number of benzene rings is 2. The molecular weight excluding hydrogens is 384 g/mol. The van der Waals surface area contributed by atoms with Gasteiger partial charge in [-0.25, -0.2) is 8.42 Å². The van der Waals surface area contributed by atoms with E-state index < -0.39 is 10.0 Å². The lowest BCUT2D eigenvalue weighted by atomic mass is 9.90. The number of hydrogen-bond donors (Lipinski definition) is 0. The molecule has 156 valence electrons. The van der Waals surface area contributed by atoms with E-state index in [-0.39, 0.29) is 12.5 Å². The molecule has 0 spiro atoms. The predicted molar refractivity (Wildman–Crippen MR) is 118 cm³/mol. The van der Waals surface area contributed by atoms with Crippen molar-refractivity contribution in [3.05, 3.63) is 65.2 Å². The molecule has 0 aliphatic carbocycles. The van der Waals surface area contributed by atoms with Crippen molar-refractivity contribution in [1.29, 1.82) is 0 Å². The summed E-state index contributed by atoms with van der Waals surface area (Å²) in [5.74, 6) is 0.430. The Labute approximate surface area is 174 Å². The van der Waals surface area contributed by atoms with Gasteiger partial charge in [-0.1, -0.05) is 36.4 Å². The van der Waals surface area contributed by atoms with Crippen LogP contribution >= 0.6 is 0 Å². The number of rotatable bonds is 6. The Kier molecular flexibility index (Phi) is 6.63. The molecule has 2 aromatic rings. The van der Waals surface area contributed by atoms with Crippen LogP contribution in [-0.4, -0.2) is 45.1 Å². The normalized spacial score (nSPS) is 15.3. The quantitative estimate of drug-likeness (QED) is 0.726. The van der Waals surface area contributed by atoms with Gasteiger partial charge in [-0.05, 0) is 67.9 Å². The number of aryl methyl sites for hydroxylation is 2. The number of amides is 1. The first-order valence-electron chi connectivity index (χ1n) is 10.1. The highest BCUT2D eigenvalue weighted by Crippen LogP contribution is 2.24. The average molecular weight is 415 g/mol. The Morgan fingerprint density at radius 1 is 1.03 bits per heavy atom. The molecule has 0 N–H and O–H groups in total. The molecule has 1 amide bonds. The molecule has 0 unspecified atom stereocenters. The molecule has 3 rings (SSSR count). The van der Waals surface area contributed by atoms with Crippen LogP contribution in [0.5, 0.6) is 0 Å². The Morgan fingerprint density at radius 3 is 2.28 bits per heavy atom. The van der Waals surface area contributed by atoms with Gasteiger partial charge in [0.05, 0.1) is 11.9 Å². The Bertz CT molecular complexity index is 949. The molecule has 0 aromatic heterocycles. The summed E-state index contributed by atoms with van der Waals surface area (Å²) in [7, 11) is -3.55. The zero-order chi connectivity index (χ0) is 21.0. The molecular formula is C23H30N2O3S. The Hall–Kier alpha value is -2.34. The van der Waals surface area contributed by atoms with Crippen LogP contribution in [0.15, 0.2) is 48.5 Å². The van der Waals surface area contributed by atoms with Crippen LogP contribution in [0.3, 0.4) is 0 Å². The van der Waals surface area contributed by atoms with Gasteiger partial charge < -0.3 is 4.90 Å². The lowest BCUT2D eigenvalue weighted by molar-refractivity contribution is -0.130. The molecule has 0 radical (unpaired) electrons. The van der Waals surface area contributed by atoms with Gasteiger partial charge in [0.25, 0.3) is 0 Å². The first-order valence-corrected chi connectivity index (χ1v) is 12.0. The summed E-state index contributed by atoms with van der Waals surface area (Å²) in [5.41, 5.74) is 3.97. The minimum Gasteiger partial charge on any atom is -0.341 e. The van der Waals surface area contributed by atoms with Crippen LogP contribution in [0.1, 0.15) is 29.5 Å². The van der Waals surface area contributed by atoms with E-state index in [1.54, 1.807) is 11.0 Å². The van der Waals surface area contributed by atoms with E-state index in [1.807, 2.05) is 32.0 Å². The first-order chi connectivity index (χ1) is 13.7. The van der Waals surface area contributed by atoms with Gasteiger partial charge in [-0.2, -0.15) is 0 Å². The fourth-order valence-corrected chi connectivity index (χ4v) is 4.68. The largest absolute Gasteiger partial charge is 0.341 e. The minimum absolute atomic E-state index is 0.133. The number of hydrogen-bond acceptors (Lipinski definition) is 3. The highest BCUT2D eigenvalue weighted by atomic mass is 32.2. The number of sulfonamides is 1. The number of piperidine rings is 1. The van der Waals surface area contributed by atoms with Crippen LogP contribution < -0.4 is 4.31 Å². The number of anilines is 1. The van der Waals surface area contributed by atoms with E-state index in [0.717, 1.165) is 36.6 Å². The van der Waals surface area contributed by atoms with E-state index in [0.29, 0.717) is 24.7 Å². The zero-order valence-corrected chi connectivity index (χ0v) is 18.3. The van der Waals surface area contributed by atoms with Crippen molar-refractivity contribution in [3.8, 4) is 0 Å². The fraction of sp³-hybridized carbons (Fsp3) is 0.435. The third-order valence-electron chi connectivity index (χ3n) is 5.79. The Balaban J connectivity index is 1.62. The zero-order valence-electron chi connectivity index (χ0n) is 17.5. The van der Waals surface area contributed by atoms with E-state index in [1.165, 1.54) is 9.87 Å². The molecule has 2 aromatic carbocycles. The summed E-state index contributed by atoms with van der Waals surface area (Å²) in [6.07, 6.45) is 4.08. The van der Waals surface area contributed by atoms with Gasteiger partial charge in [0, 0.05) is 13.1 Å². The second-order valence-corrected chi connectivity index (χ2v) is 9.96. The fourth-order valence-electron chi connectivity index (χ4n) is 3.84. The van der Waals surface area contributed by atoms with Crippen molar-refractivity contribution in [2.75, 3.05) is 30.2 Å². The molecule has 29 heavy (non-hydrogen) atoms. The van der Waals surface area contributed by atoms with Crippen LogP contribution in [-0.2, 0) is 21.2 Å². The van der Waals surface area contributed by atoms with E-state index >= 15 is 0 Å². The number of carbonyl (C=O) groups is 1. The van der Waals surface area contributed by atoms with E-state index in [2.05, 4.69) is 24.3 Å². The number of carbonyl (C=O) groups excluding carboxylic acids is 1. The average Bonchev–Trinajstić information content (AvgIpc) is 2.69. The van der Waals surface area contributed by atoms with Gasteiger partial charge >= 0.3 is 0 Å². The molecule has 1 fully saturated rings. The summed E-state index contributed by atoms with van der Waals surface area (Å²) in [5, 5.41) is 0. The second kappa shape index (κ2) is 8.99. The molecule has 1 aliphatic rings. The highest BCUT2D eigenvalue weighted by Gasteiger charge is 2.27. The third kappa shape index (κ3) is 5.60. The maximum atomic E-state index is 12.9. The summed E-state index contributed by atoms with van der Waals surface area (Å²) >= 11 is 0. The molecule has 0 atom stereocenters. The van der Waals surface area contributed by atoms with Gasteiger partial charge in [0.15, 0.2) is 0 Å². The SMILES string of the molecule is Cc1ccc(N(CC(=O)N2CCC(Cc3ccccc3)CC2)S(C)(=O)=O)cc1C. The third-order valence-corrected chi connectivity index (χ3v) is 6.93. The van der Waals surface area contributed by atoms with Crippen LogP contribution in [0.25, 0.3) is 0 Å². The minimum atomic E-state index is -3.55. The molecule has 0 saturated carbocycles. The van der Waals surface area contributed by atoms with Crippen LogP contribution in [0, 0.1) is 19.8 Å². The number of likely N-dealkylation sites (tertiary alicyclic amines) is 1. The van der Waals surface area contributed by atoms with Gasteiger partial charge in [-0.15, -0.1) is 0 Å². The summed E-state index contributed by atoms with van der Waals surface area (Å²) in [6, 6.07) is 15.9. The molecule has 1 aliphatic heterocycles. The maximum absolute atomic E-state index is 12.9. The van der Waals surface area contributed by atoms with Crippen molar-refractivity contribution in [2.45, 2.75) is 33.1 Å². The summed E-state index contributed by atoms with van der Waals surface area (Å²) in [4.78, 5) is 14.7. The van der Waals surface area contributed by atoms with E-state index in [4.69, 9.17) is 0 Å². The molecule has 5 nitrogen and oxygen atoms in total. The number of nitrogens with zero attached hydrogens (tertiary/aromatic N) is 2. The Morgan fingerprint density at radius 2 is 1.69 bits per heavy atom. The highest BCUT2D eigenvalue weighted by molar-refractivity contribution is 7.92. The van der Waals surface area contributed by atoms with Crippen molar-refractivity contribution in [1.82, 2.24) is 4.90 Å². The lowest BCUT2D eigenvalue weighted by Gasteiger charge is -2.33. The van der Waals surface area contributed by atoms with Gasteiger partial charge in [0.2, 0.25) is 15.9 Å². The van der Waals surface area contributed by atoms with Crippen molar-refractivity contribution in [2.24, 2.45) is 5.92 Å². The second-order valence-electron chi connectivity index (χ2n) is 8.05. The van der Waals surface area contributed by atoms with E-state index in [9.17, 15) is 13.2 Å². The molecule has 1 saturated heterocycles. The predicted octanol–water partition coefficient (Wildman–Crippen LogP) is 3.55. The smallest absolute Gasteiger partial charge is 0.243 e. The monoisotopic (exact) mass is 414 g/mol. The van der Waals surface area contributed by atoms with Gasteiger partial charge in [-0.3, -0.25) is 9.10 Å². The lowest BCUT2D eigenvalue weighted by Crippen LogP contribution is -2.46. The van der Waals surface area contributed by atoms with Crippen molar-refractivity contribution in [3.63, 3.8) is 0 Å². The van der Waals surface area contributed by atoms with Crippen molar-refractivity contribution < 1.29 is 13.2 Å². The molecule has 6 heteroatoms. The van der Waals surface area contributed by atoms with Crippen LogP contribution in [0.2, 0.25) is 0 Å². The molecule has 0 bridgehead atoms. The maximum Gasteiger partial charge on any atom is 0.243 e. The topological polar surface area (TPSA) is 57.7 Å². The molecule has 1 heterocycles. The van der Waals surface area contributed by atoms with Gasteiger partial charge in [0.1, 0.15) is 6.54 Å². The van der Waals surface area contributed by atoms with Crippen LogP contribution in [0.4, 0.5) is 5.69 Å². The first kappa shape index (κ1) is 21.4. The van der Waals surface area contributed by atoms with Crippen molar-refractivity contribution >= 4 is 21.6 Å². The standard InChI is InChI=1S/C23H30N2O3S/c1-18-9-10-22(15-19(18)2)25(29(3,27)28)17-23(26)24-13-11-21(12-14-24)16-20-7-5-4-6-8-20/h4-10,15,21H,11-14,16-17H2,1-3H3.